The normalized spacial score (nSPS) is 9.67. The van der Waals surface area contributed by atoms with Gasteiger partial charge < -0.3 is 10.1 Å². The van der Waals surface area contributed by atoms with Gasteiger partial charge in [-0.2, -0.15) is 5.26 Å². The molecule has 0 aliphatic rings. The monoisotopic (exact) mass is 323 g/mol. The molecule has 0 fully saturated rings. The zero-order chi connectivity index (χ0) is 17.4. The van der Waals surface area contributed by atoms with E-state index in [1.165, 1.54) is 4.90 Å². The molecule has 0 radical (unpaired) electrons. The minimum Gasteiger partial charge on any atom is -0.410 e. The van der Waals surface area contributed by atoms with Crippen molar-refractivity contribution in [2.45, 2.75) is 13.3 Å². The quantitative estimate of drug-likeness (QED) is 0.853. The van der Waals surface area contributed by atoms with Gasteiger partial charge in [-0.1, -0.05) is 31.2 Å². The van der Waals surface area contributed by atoms with Gasteiger partial charge in [0.1, 0.15) is 12.3 Å². The molecular weight excluding hydrogens is 306 g/mol. The third kappa shape index (κ3) is 4.58. The summed E-state index contributed by atoms with van der Waals surface area (Å²) >= 11 is 0. The molecule has 1 N–H and O–H groups in total. The molecule has 24 heavy (non-hydrogen) atoms. The standard InChI is InChI=1S/C18H17N3O3/c1-2-17(22)20-14-7-6-10-16(13-14)24-18(23)21(12-11-19)15-8-4-3-5-9-15/h3-10,13H,2,12H2,1H3,(H,20,22). The van der Waals surface area contributed by atoms with Crippen LogP contribution in [0.15, 0.2) is 54.6 Å². The van der Waals surface area contributed by atoms with Gasteiger partial charge in [-0.15, -0.1) is 0 Å². The van der Waals surface area contributed by atoms with Gasteiger partial charge in [0.2, 0.25) is 5.91 Å². The minimum absolute atomic E-state index is 0.130. The molecule has 0 unspecified atom stereocenters. The number of anilines is 2. The third-order valence-electron chi connectivity index (χ3n) is 3.16. The van der Waals surface area contributed by atoms with Crippen molar-refractivity contribution in [1.29, 1.82) is 5.26 Å². The Labute approximate surface area is 140 Å². The van der Waals surface area contributed by atoms with E-state index in [4.69, 9.17) is 10.00 Å². The van der Waals surface area contributed by atoms with E-state index in [0.717, 1.165) is 0 Å². The fourth-order valence-electron chi connectivity index (χ4n) is 1.98. The van der Waals surface area contributed by atoms with E-state index in [1.807, 2.05) is 12.1 Å². The maximum Gasteiger partial charge on any atom is 0.420 e. The molecule has 2 amide bonds. The van der Waals surface area contributed by atoms with Crippen molar-refractivity contribution < 1.29 is 14.3 Å². The van der Waals surface area contributed by atoms with Crippen molar-refractivity contribution in [3.63, 3.8) is 0 Å². The highest BCUT2D eigenvalue weighted by molar-refractivity contribution is 5.91. The molecule has 0 aliphatic heterocycles. The fourth-order valence-corrected chi connectivity index (χ4v) is 1.98. The van der Waals surface area contributed by atoms with Gasteiger partial charge in [-0.05, 0) is 24.3 Å². The topological polar surface area (TPSA) is 82.4 Å². The molecule has 0 bridgehead atoms. The number of rotatable bonds is 5. The summed E-state index contributed by atoms with van der Waals surface area (Å²) in [5.74, 6) is 0.154. The number of benzene rings is 2. The highest BCUT2D eigenvalue weighted by atomic mass is 16.6. The number of carbonyl (C=O) groups is 2. The Morgan fingerprint density at radius 3 is 2.58 bits per heavy atom. The van der Waals surface area contributed by atoms with Gasteiger partial charge in [0.15, 0.2) is 0 Å². The molecule has 2 aromatic rings. The van der Waals surface area contributed by atoms with Crippen LogP contribution < -0.4 is 15.0 Å². The van der Waals surface area contributed by atoms with E-state index in [-0.39, 0.29) is 18.2 Å². The van der Waals surface area contributed by atoms with Crippen molar-refractivity contribution in [2.24, 2.45) is 0 Å². The number of carbonyl (C=O) groups excluding carboxylic acids is 2. The van der Waals surface area contributed by atoms with Crippen LogP contribution in [0.2, 0.25) is 0 Å². The van der Waals surface area contributed by atoms with Crippen LogP contribution in [0.1, 0.15) is 13.3 Å². The number of nitrogens with zero attached hydrogens (tertiary/aromatic N) is 2. The third-order valence-corrected chi connectivity index (χ3v) is 3.16. The molecule has 0 saturated heterocycles. The van der Waals surface area contributed by atoms with Crippen molar-refractivity contribution in [3.05, 3.63) is 54.6 Å². The van der Waals surface area contributed by atoms with Gasteiger partial charge in [0.25, 0.3) is 0 Å². The Morgan fingerprint density at radius 2 is 1.92 bits per heavy atom. The summed E-state index contributed by atoms with van der Waals surface area (Å²) < 4.78 is 5.32. The first kappa shape index (κ1) is 17.0. The average Bonchev–Trinajstić information content (AvgIpc) is 2.60. The first-order chi connectivity index (χ1) is 11.6. The van der Waals surface area contributed by atoms with Crippen molar-refractivity contribution >= 4 is 23.4 Å². The number of ether oxygens (including phenoxy) is 1. The largest absolute Gasteiger partial charge is 0.420 e. The molecule has 0 aliphatic carbocycles. The van der Waals surface area contributed by atoms with E-state index < -0.39 is 6.09 Å². The highest BCUT2D eigenvalue weighted by Crippen LogP contribution is 2.20. The molecule has 122 valence electrons. The molecule has 6 nitrogen and oxygen atoms in total. The summed E-state index contributed by atoms with van der Waals surface area (Å²) in [6.45, 7) is 1.62. The fraction of sp³-hybridized carbons (Fsp3) is 0.167. The second-order valence-corrected chi connectivity index (χ2v) is 4.88. The number of nitrogens with one attached hydrogen (secondary N) is 1. The molecule has 2 rings (SSSR count). The lowest BCUT2D eigenvalue weighted by Gasteiger charge is -2.19. The summed E-state index contributed by atoms with van der Waals surface area (Å²) in [6, 6.07) is 17.3. The first-order valence-corrected chi connectivity index (χ1v) is 7.45. The van der Waals surface area contributed by atoms with Crippen LogP contribution in [0.3, 0.4) is 0 Å². The number of nitriles is 1. The molecule has 2 aromatic carbocycles. The van der Waals surface area contributed by atoms with Crippen LogP contribution in [-0.4, -0.2) is 18.5 Å². The van der Waals surface area contributed by atoms with Crippen LogP contribution in [-0.2, 0) is 4.79 Å². The van der Waals surface area contributed by atoms with Crippen LogP contribution >= 0.6 is 0 Å². The van der Waals surface area contributed by atoms with Gasteiger partial charge in [-0.25, -0.2) is 4.79 Å². The second kappa shape index (κ2) is 8.34. The lowest BCUT2D eigenvalue weighted by molar-refractivity contribution is -0.115. The summed E-state index contributed by atoms with van der Waals surface area (Å²) in [7, 11) is 0. The maximum absolute atomic E-state index is 12.4. The maximum atomic E-state index is 12.4. The zero-order valence-electron chi connectivity index (χ0n) is 13.2. The number of hydrogen-bond acceptors (Lipinski definition) is 4. The van der Waals surface area contributed by atoms with E-state index in [2.05, 4.69) is 5.32 Å². The van der Waals surface area contributed by atoms with E-state index in [1.54, 1.807) is 55.5 Å². The van der Waals surface area contributed by atoms with Crippen LogP contribution in [0.25, 0.3) is 0 Å². The molecule has 0 saturated carbocycles. The minimum atomic E-state index is -0.665. The summed E-state index contributed by atoms with van der Waals surface area (Å²) in [6.07, 6.45) is -0.310. The molecular formula is C18H17N3O3. The lowest BCUT2D eigenvalue weighted by atomic mass is 10.3. The summed E-state index contributed by atoms with van der Waals surface area (Å²) in [5.41, 5.74) is 1.11. The van der Waals surface area contributed by atoms with Gasteiger partial charge >= 0.3 is 6.09 Å². The number of amides is 2. The van der Waals surface area contributed by atoms with Gasteiger partial charge in [0, 0.05) is 23.9 Å². The van der Waals surface area contributed by atoms with Crippen LogP contribution in [0, 0.1) is 11.3 Å². The lowest BCUT2D eigenvalue weighted by Crippen LogP contribution is -2.33. The zero-order valence-corrected chi connectivity index (χ0v) is 13.2. The smallest absolute Gasteiger partial charge is 0.410 e. The highest BCUT2D eigenvalue weighted by Gasteiger charge is 2.17. The average molecular weight is 323 g/mol. The first-order valence-electron chi connectivity index (χ1n) is 7.45. The van der Waals surface area contributed by atoms with Gasteiger partial charge in [0.05, 0.1) is 6.07 Å². The Bertz CT molecular complexity index is 754. The second-order valence-electron chi connectivity index (χ2n) is 4.88. The Kier molecular flexibility index (Phi) is 5.92. The van der Waals surface area contributed by atoms with E-state index >= 15 is 0 Å². The van der Waals surface area contributed by atoms with Crippen LogP contribution in [0.4, 0.5) is 16.2 Å². The number of hydrogen-bond donors (Lipinski definition) is 1. The molecule has 0 spiro atoms. The van der Waals surface area contributed by atoms with Gasteiger partial charge in [-0.3, -0.25) is 9.69 Å². The SMILES string of the molecule is CCC(=O)Nc1cccc(OC(=O)N(CC#N)c2ccccc2)c1. The summed E-state index contributed by atoms with van der Waals surface area (Å²) in [5, 5.41) is 11.6. The molecule has 0 heterocycles. The molecule has 0 atom stereocenters. The van der Waals surface area contributed by atoms with Crippen LogP contribution in [0.5, 0.6) is 5.75 Å². The summed E-state index contributed by atoms with van der Waals surface area (Å²) in [4.78, 5) is 25.0. The van der Waals surface area contributed by atoms with Crippen molar-refractivity contribution in [2.75, 3.05) is 16.8 Å². The Balaban J connectivity index is 2.14. The van der Waals surface area contributed by atoms with E-state index in [9.17, 15) is 9.59 Å². The Morgan fingerprint density at radius 1 is 1.17 bits per heavy atom. The Hall–Kier alpha value is -3.33. The predicted molar refractivity (Wildman–Crippen MR) is 90.8 cm³/mol. The van der Waals surface area contributed by atoms with Crippen molar-refractivity contribution in [1.82, 2.24) is 0 Å². The predicted octanol–water partition coefficient (Wildman–Crippen LogP) is 3.56. The van der Waals surface area contributed by atoms with E-state index in [0.29, 0.717) is 17.8 Å². The number of para-hydroxylation sites is 1. The van der Waals surface area contributed by atoms with Crippen molar-refractivity contribution in [3.8, 4) is 11.8 Å². The molecule has 0 aromatic heterocycles. The molecule has 6 heteroatoms.